The lowest BCUT2D eigenvalue weighted by atomic mass is 9.70. The van der Waals surface area contributed by atoms with Crippen molar-refractivity contribution in [2.24, 2.45) is 0 Å². The molecule has 4 heteroatoms. The Labute approximate surface area is 182 Å². The van der Waals surface area contributed by atoms with E-state index in [1.54, 1.807) is 0 Å². The van der Waals surface area contributed by atoms with Crippen molar-refractivity contribution in [1.82, 2.24) is 0 Å². The second-order valence-electron chi connectivity index (χ2n) is 9.68. The number of benzene rings is 3. The smallest absolute Gasteiger partial charge is 0.399 e. The molecule has 0 spiro atoms. The first kappa shape index (κ1) is 19.9. The third-order valence-corrected chi connectivity index (χ3v) is 9.93. The van der Waals surface area contributed by atoms with E-state index >= 15 is 0 Å². The van der Waals surface area contributed by atoms with Gasteiger partial charge in [0, 0.05) is 9.79 Å². The zero-order chi connectivity index (χ0) is 21.3. The first-order valence-electron chi connectivity index (χ1n) is 10.5. The van der Waals surface area contributed by atoms with Crippen LogP contribution >= 0.6 is 10.0 Å². The zero-order valence-corrected chi connectivity index (χ0v) is 19.5. The molecule has 3 aromatic carbocycles. The highest BCUT2D eigenvalue weighted by atomic mass is 32.3. The molecule has 2 heterocycles. The predicted molar refractivity (Wildman–Crippen MR) is 129 cm³/mol. The summed E-state index contributed by atoms with van der Waals surface area (Å²) >= 11 is 0. The van der Waals surface area contributed by atoms with Crippen LogP contribution in [0.25, 0.3) is 22.3 Å². The van der Waals surface area contributed by atoms with Crippen molar-refractivity contribution in [2.75, 3.05) is 12.5 Å². The minimum atomic E-state index is -1.08. The van der Waals surface area contributed by atoms with Gasteiger partial charge in [0.05, 0.1) is 11.2 Å². The molecule has 0 radical (unpaired) electrons. The second-order valence-corrected chi connectivity index (χ2v) is 13.2. The molecule has 0 aliphatic carbocycles. The lowest BCUT2D eigenvalue weighted by Gasteiger charge is -2.32. The minimum Gasteiger partial charge on any atom is -0.399 e. The van der Waals surface area contributed by atoms with Gasteiger partial charge >= 0.3 is 7.12 Å². The molecule has 0 bridgehead atoms. The summed E-state index contributed by atoms with van der Waals surface area (Å²) < 4.78 is 13.2. The van der Waals surface area contributed by atoms with E-state index in [0.717, 1.165) is 0 Å². The normalized spacial score (nSPS) is 21.2. The van der Waals surface area contributed by atoms with Crippen molar-refractivity contribution < 1.29 is 9.31 Å². The predicted octanol–water partition coefficient (Wildman–Crippen LogP) is 6.12. The van der Waals surface area contributed by atoms with E-state index in [4.69, 9.17) is 9.31 Å². The molecular formula is C26H29BO2S. The Bertz CT molecular complexity index is 1120. The van der Waals surface area contributed by atoms with Crippen molar-refractivity contribution in [3.63, 3.8) is 0 Å². The van der Waals surface area contributed by atoms with Crippen LogP contribution in [-0.4, -0.2) is 30.8 Å². The quantitative estimate of drug-likeness (QED) is 0.469. The van der Waals surface area contributed by atoms with Gasteiger partial charge in [0.2, 0.25) is 0 Å². The summed E-state index contributed by atoms with van der Waals surface area (Å²) in [6.45, 7) is 8.51. The van der Waals surface area contributed by atoms with Crippen LogP contribution in [0, 0.1) is 0 Å². The molecule has 0 N–H and O–H groups in total. The lowest BCUT2D eigenvalue weighted by Crippen LogP contribution is -2.41. The maximum atomic E-state index is 6.61. The highest BCUT2D eigenvalue weighted by molar-refractivity contribution is 8.33. The van der Waals surface area contributed by atoms with Gasteiger partial charge in [-0.25, -0.2) is 0 Å². The topological polar surface area (TPSA) is 18.5 Å². The van der Waals surface area contributed by atoms with E-state index in [1.807, 2.05) is 0 Å². The largest absolute Gasteiger partial charge is 0.496 e. The van der Waals surface area contributed by atoms with Gasteiger partial charge in [-0.05, 0) is 80.1 Å². The Morgan fingerprint density at radius 1 is 0.667 bits per heavy atom. The minimum absolute atomic E-state index is 0.380. The number of fused-ring (bicyclic) bond motifs is 3. The average Bonchev–Trinajstić information content (AvgIpc) is 3.08. The number of hydrogen-bond donors (Lipinski definition) is 0. The van der Waals surface area contributed by atoms with Crippen LogP contribution in [0.5, 0.6) is 0 Å². The van der Waals surface area contributed by atoms with Gasteiger partial charge in [-0.15, -0.1) is 0 Å². The maximum absolute atomic E-state index is 6.61. The van der Waals surface area contributed by atoms with Crippen molar-refractivity contribution in [1.29, 1.82) is 0 Å². The molecule has 5 rings (SSSR count). The molecule has 3 aromatic rings. The molecular weight excluding hydrogens is 387 g/mol. The zero-order valence-electron chi connectivity index (χ0n) is 18.7. The van der Waals surface area contributed by atoms with E-state index < -0.39 is 17.1 Å². The fraction of sp³-hybridized carbons (Fsp3) is 0.308. The number of hydrogen-bond acceptors (Lipinski definition) is 2. The molecule has 2 aliphatic rings. The first-order chi connectivity index (χ1) is 14.1. The average molecular weight is 416 g/mol. The summed E-state index contributed by atoms with van der Waals surface area (Å²) in [7, 11) is -1.49. The summed E-state index contributed by atoms with van der Waals surface area (Å²) in [4.78, 5) is 2.87. The molecule has 0 aromatic heterocycles. The summed E-state index contributed by atoms with van der Waals surface area (Å²) in [5.74, 6) is 0. The molecule has 1 saturated heterocycles. The van der Waals surface area contributed by atoms with E-state index in [9.17, 15) is 0 Å². The van der Waals surface area contributed by atoms with E-state index in [0.29, 0.717) is 0 Å². The fourth-order valence-electron chi connectivity index (χ4n) is 4.61. The van der Waals surface area contributed by atoms with Gasteiger partial charge in [-0.2, -0.15) is 10.0 Å². The third kappa shape index (κ3) is 2.74. The summed E-state index contributed by atoms with van der Waals surface area (Å²) in [6, 6.07) is 24.1. The van der Waals surface area contributed by atoms with Crippen LogP contribution in [-0.2, 0) is 9.31 Å². The summed E-state index contributed by atoms with van der Waals surface area (Å²) in [6.07, 6.45) is 4.79. The fourth-order valence-corrected chi connectivity index (χ4v) is 7.13. The van der Waals surface area contributed by atoms with Crippen LogP contribution in [0.4, 0.5) is 0 Å². The molecule has 2 aliphatic heterocycles. The highest BCUT2D eigenvalue weighted by Crippen LogP contribution is 2.67. The molecule has 0 amide bonds. The lowest BCUT2D eigenvalue weighted by molar-refractivity contribution is 0.00578. The van der Waals surface area contributed by atoms with Gasteiger partial charge in [0.25, 0.3) is 0 Å². The summed E-state index contributed by atoms with van der Waals surface area (Å²) in [5.41, 5.74) is 5.44. The monoisotopic (exact) mass is 416 g/mol. The van der Waals surface area contributed by atoms with Crippen molar-refractivity contribution in [2.45, 2.75) is 48.7 Å². The standard InChI is InChI=1S/C26H29BO2S/c1-25(2)26(3,4)29-27(28-25)24-19(18-12-8-7-9-13-18)16-17-22-23(24)20-14-10-11-15-21(20)30(22,5)6/h7-17H,1-6H3. The molecule has 154 valence electrons. The van der Waals surface area contributed by atoms with Gasteiger partial charge in [0.15, 0.2) is 0 Å². The van der Waals surface area contributed by atoms with E-state index in [-0.39, 0.29) is 11.2 Å². The molecule has 0 unspecified atom stereocenters. The Kier molecular flexibility index (Phi) is 4.31. The third-order valence-electron chi connectivity index (χ3n) is 7.04. The van der Waals surface area contributed by atoms with Gasteiger partial charge in [-0.3, -0.25) is 0 Å². The highest BCUT2D eigenvalue weighted by Gasteiger charge is 2.53. The maximum Gasteiger partial charge on any atom is 0.496 e. The molecule has 30 heavy (non-hydrogen) atoms. The molecule has 0 atom stereocenters. The number of rotatable bonds is 2. The summed E-state index contributed by atoms with van der Waals surface area (Å²) in [5, 5.41) is 0. The SMILES string of the molecule is CC1(C)OB(c2c(-c3ccccc3)ccc3c2-c2ccccc2S3(C)C)OC1(C)C. The van der Waals surface area contributed by atoms with Gasteiger partial charge < -0.3 is 9.31 Å². The van der Waals surface area contributed by atoms with Gasteiger partial charge in [0.1, 0.15) is 0 Å². The van der Waals surface area contributed by atoms with E-state index in [1.165, 1.54) is 37.5 Å². The van der Waals surface area contributed by atoms with Gasteiger partial charge in [-0.1, -0.05) is 54.6 Å². The Morgan fingerprint density at radius 3 is 1.93 bits per heavy atom. The molecule has 1 fully saturated rings. The van der Waals surface area contributed by atoms with Crippen LogP contribution in [0.1, 0.15) is 27.7 Å². The van der Waals surface area contributed by atoms with Crippen molar-refractivity contribution in [3.8, 4) is 22.3 Å². The van der Waals surface area contributed by atoms with Crippen LogP contribution in [0.15, 0.2) is 76.5 Å². The van der Waals surface area contributed by atoms with Crippen molar-refractivity contribution >= 4 is 22.6 Å². The Hall–Kier alpha value is -2.01. The second kappa shape index (κ2) is 6.50. The van der Waals surface area contributed by atoms with Crippen LogP contribution < -0.4 is 5.46 Å². The Balaban J connectivity index is 1.82. The Morgan fingerprint density at radius 2 is 1.27 bits per heavy atom. The molecule has 2 nitrogen and oxygen atoms in total. The first-order valence-corrected chi connectivity index (χ1v) is 13.0. The molecule has 0 saturated carbocycles. The van der Waals surface area contributed by atoms with Crippen LogP contribution in [0.2, 0.25) is 0 Å². The van der Waals surface area contributed by atoms with Crippen molar-refractivity contribution in [3.05, 3.63) is 66.7 Å². The van der Waals surface area contributed by atoms with E-state index in [2.05, 4.69) is 107 Å². The van der Waals surface area contributed by atoms with Crippen LogP contribution in [0.3, 0.4) is 0 Å².